The van der Waals surface area contributed by atoms with Gasteiger partial charge in [0.2, 0.25) is 0 Å². The Labute approximate surface area is 105 Å². The second-order valence-corrected chi connectivity index (χ2v) is 6.03. The van der Waals surface area contributed by atoms with E-state index < -0.39 is 0 Å². The van der Waals surface area contributed by atoms with Crippen molar-refractivity contribution in [1.82, 2.24) is 15.5 Å². The summed E-state index contributed by atoms with van der Waals surface area (Å²) in [6.07, 6.45) is 3.80. The number of hydrogen-bond donors (Lipinski definition) is 2. The van der Waals surface area contributed by atoms with E-state index in [-0.39, 0.29) is 16.8 Å². The van der Waals surface area contributed by atoms with E-state index >= 15 is 0 Å². The van der Waals surface area contributed by atoms with Gasteiger partial charge in [0.1, 0.15) is 0 Å². The zero-order chi connectivity index (χ0) is 12.4. The molecule has 1 aliphatic heterocycles. The van der Waals surface area contributed by atoms with E-state index in [1.54, 1.807) is 0 Å². The first-order valence-corrected chi connectivity index (χ1v) is 6.55. The first-order chi connectivity index (χ1) is 8.69. The van der Waals surface area contributed by atoms with Crippen LogP contribution in [0.1, 0.15) is 36.2 Å². The lowest BCUT2D eigenvalue weighted by atomic mass is 9.34. The number of nitrogens with one attached hydrogen (secondary N) is 2. The number of ether oxygens (including phenoxy) is 1. The third kappa shape index (κ3) is 1.06. The first-order valence-electron chi connectivity index (χ1n) is 6.55. The van der Waals surface area contributed by atoms with Crippen LogP contribution in [0, 0.1) is 5.41 Å². The Hall–Kier alpha value is -1.36. The molecule has 2 heterocycles. The molecule has 2 N–H and O–H groups in total. The minimum absolute atomic E-state index is 0.0316. The maximum atomic E-state index is 11.7. The van der Waals surface area contributed by atoms with Gasteiger partial charge in [0.05, 0.1) is 18.2 Å². The fourth-order valence-electron chi connectivity index (χ4n) is 4.14. The van der Waals surface area contributed by atoms with Crippen LogP contribution in [0.3, 0.4) is 0 Å². The van der Waals surface area contributed by atoms with Crippen LogP contribution < -0.4 is 5.32 Å². The lowest BCUT2D eigenvalue weighted by Gasteiger charge is -2.68. The summed E-state index contributed by atoms with van der Waals surface area (Å²) in [7, 11) is 1.48. The lowest BCUT2D eigenvalue weighted by Crippen LogP contribution is -2.68. The van der Waals surface area contributed by atoms with Crippen molar-refractivity contribution in [2.45, 2.75) is 37.6 Å². The van der Waals surface area contributed by atoms with Crippen LogP contribution in [0.25, 0.3) is 0 Å². The number of carbonyl (C=O) groups is 1. The Kier molecular flexibility index (Phi) is 1.84. The number of fused-ring (bicyclic) bond motifs is 1. The molecule has 1 aromatic heterocycles. The predicted molar refractivity (Wildman–Crippen MR) is 64.0 cm³/mol. The molecule has 0 spiro atoms. The maximum absolute atomic E-state index is 11.7. The van der Waals surface area contributed by atoms with Crippen molar-refractivity contribution in [2.75, 3.05) is 13.7 Å². The molecule has 0 saturated heterocycles. The van der Waals surface area contributed by atoms with E-state index in [0.717, 1.165) is 38.8 Å². The van der Waals surface area contributed by atoms with Crippen molar-refractivity contribution in [3.63, 3.8) is 0 Å². The second-order valence-electron chi connectivity index (χ2n) is 6.03. The molecule has 0 atom stereocenters. The molecule has 5 nitrogen and oxygen atoms in total. The van der Waals surface area contributed by atoms with Crippen LogP contribution >= 0.6 is 0 Å². The zero-order valence-corrected chi connectivity index (χ0v) is 10.5. The number of rotatable bonds is 2. The van der Waals surface area contributed by atoms with E-state index in [4.69, 9.17) is 4.74 Å². The highest BCUT2D eigenvalue weighted by Gasteiger charge is 2.73. The van der Waals surface area contributed by atoms with Crippen LogP contribution in [-0.2, 0) is 27.9 Å². The lowest BCUT2D eigenvalue weighted by molar-refractivity contribution is -0.198. The molecule has 3 saturated carbocycles. The molecule has 3 aliphatic carbocycles. The molecule has 0 amide bonds. The van der Waals surface area contributed by atoms with Gasteiger partial charge in [0, 0.05) is 36.2 Å². The quantitative estimate of drug-likeness (QED) is 0.753. The topological polar surface area (TPSA) is 67.0 Å². The molecule has 0 aromatic carbocycles. The number of aromatic nitrogens is 2. The molecule has 4 aliphatic rings. The van der Waals surface area contributed by atoms with E-state index in [9.17, 15) is 4.79 Å². The molecule has 0 radical (unpaired) electrons. The smallest absolute Gasteiger partial charge is 0.311 e. The highest BCUT2D eigenvalue weighted by atomic mass is 16.5. The fourth-order valence-corrected chi connectivity index (χ4v) is 4.14. The Balaban J connectivity index is 1.61. The Bertz CT molecular complexity index is 515. The summed E-state index contributed by atoms with van der Waals surface area (Å²) in [5.41, 5.74) is 3.85. The van der Waals surface area contributed by atoms with Gasteiger partial charge < -0.3 is 10.1 Å². The molecule has 0 unspecified atom stereocenters. The molecule has 5 rings (SSSR count). The summed E-state index contributed by atoms with van der Waals surface area (Å²) in [6.45, 7) is 1.92. The minimum Gasteiger partial charge on any atom is -0.469 e. The summed E-state index contributed by atoms with van der Waals surface area (Å²) >= 11 is 0. The number of aromatic amines is 1. The number of methoxy groups -OCH3 is 1. The van der Waals surface area contributed by atoms with Gasteiger partial charge in [-0.25, -0.2) is 0 Å². The Morgan fingerprint density at radius 3 is 2.89 bits per heavy atom. The number of H-pyrrole nitrogens is 1. The summed E-state index contributed by atoms with van der Waals surface area (Å²) < 4.78 is 4.89. The SMILES string of the molecule is COC(=O)C12CC(c3[nH]nc4c3CNCC4)(C1)C2. The predicted octanol–water partition coefficient (Wildman–Crippen LogP) is 0.650. The average Bonchev–Trinajstić information content (AvgIpc) is 2.70. The Morgan fingerprint density at radius 2 is 2.17 bits per heavy atom. The van der Waals surface area contributed by atoms with Crippen molar-refractivity contribution < 1.29 is 9.53 Å². The second kappa shape index (κ2) is 3.15. The highest BCUT2D eigenvalue weighted by Crippen LogP contribution is 2.74. The monoisotopic (exact) mass is 247 g/mol. The van der Waals surface area contributed by atoms with Gasteiger partial charge in [0.25, 0.3) is 0 Å². The molecule has 2 bridgehead atoms. The van der Waals surface area contributed by atoms with Crippen LogP contribution in [0.5, 0.6) is 0 Å². The van der Waals surface area contributed by atoms with Crippen molar-refractivity contribution in [3.05, 3.63) is 17.0 Å². The van der Waals surface area contributed by atoms with Gasteiger partial charge >= 0.3 is 5.97 Å². The van der Waals surface area contributed by atoms with Crippen molar-refractivity contribution in [3.8, 4) is 0 Å². The maximum Gasteiger partial charge on any atom is 0.311 e. The molecule has 1 aromatic rings. The van der Waals surface area contributed by atoms with E-state index in [1.165, 1.54) is 24.1 Å². The summed E-state index contributed by atoms with van der Waals surface area (Å²) in [5, 5.41) is 11.1. The number of hydrogen-bond acceptors (Lipinski definition) is 4. The average molecular weight is 247 g/mol. The van der Waals surface area contributed by atoms with Crippen LogP contribution in [0.15, 0.2) is 0 Å². The van der Waals surface area contributed by atoms with Gasteiger partial charge in [-0.2, -0.15) is 5.10 Å². The van der Waals surface area contributed by atoms with Gasteiger partial charge in [0.15, 0.2) is 0 Å². The van der Waals surface area contributed by atoms with Gasteiger partial charge in [-0.05, 0) is 19.3 Å². The van der Waals surface area contributed by atoms with E-state index in [2.05, 4.69) is 15.5 Å². The number of esters is 1. The Morgan fingerprint density at radius 1 is 1.39 bits per heavy atom. The molecule has 18 heavy (non-hydrogen) atoms. The fraction of sp³-hybridized carbons (Fsp3) is 0.692. The van der Waals surface area contributed by atoms with Gasteiger partial charge in [-0.3, -0.25) is 9.89 Å². The van der Waals surface area contributed by atoms with Crippen molar-refractivity contribution in [1.29, 1.82) is 0 Å². The molecular weight excluding hydrogens is 230 g/mol. The minimum atomic E-state index is -0.172. The van der Waals surface area contributed by atoms with Crippen LogP contribution in [-0.4, -0.2) is 29.8 Å². The summed E-state index contributed by atoms with van der Waals surface area (Å²) in [4.78, 5) is 11.7. The van der Waals surface area contributed by atoms with Crippen molar-refractivity contribution in [2.24, 2.45) is 5.41 Å². The molecule has 96 valence electrons. The van der Waals surface area contributed by atoms with E-state index in [0.29, 0.717) is 0 Å². The molecule has 3 fully saturated rings. The first kappa shape index (κ1) is 10.6. The van der Waals surface area contributed by atoms with Crippen LogP contribution in [0.4, 0.5) is 0 Å². The van der Waals surface area contributed by atoms with Gasteiger partial charge in [-0.15, -0.1) is 0 Å². The number of carbonyl (C=O) groups excluding carboxylic acids is 1. The summed E-state index contributed by atoms with van der Waals surface area (Å²) in [5.74, 6) is -0.0316. The standard InChI is InChI=1S/C13H17N3O2/c1-18-11(17)13-5-12(6-13,7-13)10-8-4-14-3-2-9(8)15-16-10/h14H,2-7H2,1H3,(H,15,16). The normalized spacial score (nSPS) is 36.3. The third-order valence-corrected chi connectivity index (χ3v) is 4.97. The largest absolute Gasteiger partial charge is 0.469 e. The third-order valence-electron chi connectivity index (χ3n) is 4.97. The number of nitrogens with zero attached hydrogens (tertiary/aromatic N) is 1. The summed E-state index contributed by atoms with van der Waals surface area (Å²) in [6, 6.07) is 0. The zero-order valence-electron chi connectivity index (χ0n) is 10.5. The van der Waals surface area contributed by atoms with Gasteiger partial charge in [-0.1, -0.05) is 0 Å². The van der Waals surface area contributed by atoms with E-state index in [1.807, 2.05) is 0 Å². The van der Waals surface area contributed by atoms with Crippen LogP contribution in [0.2, 0.25) is 0 Å². The van der Waals surface area contributed by atoms with Crippen molar-refractivity contribution >= 4 is 5.97 Å². The molecule has 5 heteroatoms. The highest BCUT2D eigenvalue weighted by molar-refractivity contribution is 5.82. The molecular formula is C13H17N3O2.